The number of aliphatic carboxylic acids is 1. The van der Waals surface area contributed by atoms with Gasteiger partial charge in [0, 0.05) is 18.1 Å². The predicted molar refractivity (Wildman–Crippen MR) is 146 cm³/mol. The second-order valence-electron chi connectivity index (χ2n) is 9.33. The summed E-state index contributed by atoms with van der Waals surface area (Å²) in [7, 11) is -4.06. The number of rotatable bonds is 10. The molecule has 0 amide bonds. The Balaban J connectivity index is 1.81. The van der Waals surface area contributed by atoms with Crippen LogP contribution in [0.4, 0.5) is 13.2 Å². The van der Waals surface area contributed by atoms with Crippen molar-refractivity contribution < 1.29 is 36.2 Å². The van der Waals surface area contributed by atoms with Crippen LogP contribution in [0, 0.1) is 6.92 Å². The minimum absolute atomic E-state index is 0.00535. The molecule has 0 aliphatic heterocycles. The Hall–Kier alpha value is -3.83. The van der Waals surface area contributed by atoms with Crippen molar-refractivity contribution in [3.05, 3.63) is 83.6 Å². The number of aromatic nitrogens is 1. The third-order valence-corrected chi connectivity index (χ3v) is 8.41. The van der Waals surface area contributed by atoms with Crippen LogP contribution in [0.1, 0.15) is 30.5 Å². The lowest BCUT2D eigenvalue weighted by atomic mass is 10.0. The molecule has 0 radical (unpaired) electrons. The number of alkyl halides is 3. The molecule has 0 atom stereocenters. The summed E-state index contributed by atoms with van der Waals surface area (Å²) in [4.78, 5) is 13.0. The molecule has 0 bridgehead atoms. The van der Waals surface area contributed by atoms with E-state index in [1.54, 1.807) is 31.3 Å². The van der Waals surface area contributed by atoms with Gasteiger partial charge in [-0.2, -0.15) is 13.2 Å². The molecule has 11 heteroatoms. The predicted octanol–water partition coefficient (Wildman–Crippen LogP) is 6.18. The first-order valence-corrected chi connectivity index (χ1v) is 14.0. The molecule has 0 fully saturated rings. The van der Waals surface area contributed by atoms with Gasteiger partial charge in [0.2, 0.25) is 0 Å². The van der Waals surface area contributed by atoms with Crippen LogP contribution in [0.5, 0.6) is 5.75 Å². The monoisotopic (exact) mass is 574 g/mol. The summed E-state index contributed by atoms with van der Waals surface area (Å²) in [6.07, 6.45) is -2.86. The lowest BCUT2D eigenvalue weighted by Crippen LogP contribution is -2.22. The maximum absolute atomic E-state index is 13.8. The smallest absolute Gasteiger partial charge is 0.416 e. The first kappa shape index (κ1) is 29.2. The fraction of sp³-hybridized carbons (Fsp3) is 0.276. The van der Waals surface area contributed by atoms with E-state index in [9.17, 15) is 26.4 Å². The second-order valence-corrected chi connectivity index (χ2v) is 11.1. The van der Waals surface area contributed by atoms with Crippen molar-refractivity contribution in [1.82, 2.24) is 8.87 Å². The van der Waals surface area contributed by atoms with Gasteiger partial charge in [-0.15, -0.1) is 0 Å². The molecule has 7 nitrogen and oxygen atoms in total. The van der Waals surface area contributed by atoms with Crippen LogP contribution in [0.3, 0.4) is 0 Å². The van der Waals surface area contributed by atoms with Crippen molar-refractivity contribution in [2.45, 2.75) is 38.4 Å². The summed E-state index contributed by atoms with van der Waals surface area (Å²) in [6.45, 7) is 7.05. The van der Waals surface area contributed by atoms with Gasteiger partial charge in [0.05, 0.1) is 16.0 Å². The van der Waals surface area contributed by atoms with E-state index in [1.807, 2.05) is 13.8 Å². The molecule has 3 aromatic carbocycles. The summed E-state index contributed by atoms with van der Waals surface area (Å²) < 4.78 is 73.2. The molecule has 0 saturated heterocycles. The maximum Gasteiger partial charge on any atom is 0.416 e. The Kier molecular flexibility index (Phi) is 8.27. The summed E-state index contributed by atoms with van der Waals surface area (Å²) in [6, 6.07) is 14.2. The molecule has 0 saturated carbocycles. The van der Waals surface area contributed by atoms with Crippen molar-refractivity contribution in [3.63, 3.8) is 0 Å². The highest BCUT2D eigenvalue weighted by Gasteiger charge is 2.30. The average Bonchev–Trinajstić information content (AvgIpc) is 3.28. The molecule has 0 aliphatic carbocycles. The molecule has 0 unspecified atom stereocenters. The SMILES string of the molecule is CCN(CC)Cc1cn(S(=O)(=O)c2ccc(OCC(=O)O)c(C)c2)c2ccc(-c3ccc(C(F)(F)F)cc3)cc12. The van der Waals surface area contributed by atoms with Gasteiger partial charge in [-0.05, 0) is 84.7 Å². The van der Waals surface area contributed by atoms with Gasteiger partial charge < -0.3 is 9.84 Å². The molecule has 1 heterocycles. The largest absolute Gasteiger partial charge is 0.482 e. The Morgan fingerprint density at radius 3 is 2.20 bits per heavy atom. The van der Waals surface area contributed by atoms with E-state index in [-0.39, 0.29) is 10.6 Å². The summed E-state index contributed by atoms with van der Waals surface area (Å²) in [5.74, 6) is -0.881. The van der Waals surface area contributed by atoms with E-state index in [0.717, 1.165) is 30.8 Å². The normalized spacial score (nSPS) is 12.3. The Morgan fingerprint density at radius 2 is 1.62 bits per heavy atom. The molecule has 212 valence electrons. The van der Waals surface area contributed by atoms with Crippen molar-refractivity contribution in [2.75, 3.05) is 19.7 Å². The fourth-order valence-electron chi connectivity index (χ4n) is 4.51. The number of ether oxygens (including phenoxy) is 1. The van der Waals surface area contributed by atoms with Gasteiger partial charge in [0.15, 0.2) is 6.61 Å². The lowest BCUT2D eigenvalue weighted by Gasteiger charge is -2.17. The molecular formula is C29H29F3N2O5S. The summed E-state index contributed by atoms with van der Waals surface area (Å²) in [5.41, 5.74) is 2.15. The van der Waals surface area contributed by atoms with Crippen molar-refractivity contribution in [2.24, 2.45) is 0 Å². The van der Waals surface area contributed by atoms with Gasteiger partial charge in [0.1, 0.15) is 5.75 Å². The molecule has 40 heavy (non-hydrogen) atoms. The zero-order chi connectivity index (χ0) is 29.2. The van der Waals surface area contributed by atoms with E-state index in [1.165, 1.54) is 34.3 Å². The number of aryl methyl sites for hydroxylation is 1. The molecule has 1 N–H and O–H groups in total. The Labute approximate surface area is 230 Å². The van der Waals surface area contributed by atoms with E-state index in [2.05, 4.69) is 4.90 Å². The van der Waals surface area contributed by atoms with E-state index >= 15 is 0 Å². The molecule has 4 aromatic rings. The molecule has 0 aliphatic rings. The zero-order valence-corrected chi connectivity index (χ0v) is 23.0. The summed E-state index contributed by atoms with van der Waals surface area (Å²) in [5, 5.41) is 9.54. The molecule has 0 spiro atoms. The number of carbonyl (C=O) groups is 1. The van der Waals surface area contributed by atoms with Gasteiger partial charge in [-0.25, -0.2) is 17.2 Å². The second kappa shape index (κ2) is 11.3. The number of carboxylic acids is 1. The fourth-order valence-corrected chi connectivity index (χ4v) is 5.98. The standard InChI is InChI=1S/C29H29F3N2O5S/c1-4-33(5-2)16-22-17-34(40(37,38)24-11-13-27(19(3)14-24)39-18-28(35)36)26-12-8-21(15-25(22)26)20-6-9-23(10-7-20)29(30,31)32/h6-15,17H,4-5,16,18H2,1-3H3,(H,35,36). The van der Waals surface area contributed by atoms with Crippen LogP contribution >= 0.6 is 0 Å². The maximum atomic E-state index is 13.8. The van der Waals surface area contributed by atoms with Crippen LogP contribution in [0.25, 0.3) is 22.0 Å². The quantitative estimate of drug-likeness (QED) is 0.244. The number of hydrogen-bond donors (Lipinski definition) is 1. The highest BCUT2D eigenvalue weighted by atomic mass is 32.2. The average molecular weight is 575 g/mol. The topological polar surface area (TPSA) is 88.8 Å². The number of benzene rings is 3. The van der Waals surface area contributed by atoms with Crippen LogP contribution < -0.4 is 4.74 Å². The van der Waals surface area contributed by atoms with Crippen LogP contribution in [-0.2, 0) is 27.5 Å². The third-order valence-electron chi connectivity index (χ3n) is 6.74. The Morgan fingerprint density at radius 1 is 0.975 bits per heavy atom. The first-order chi connectivity index (χ1) is 18.8. The van der Waals surface area contributed by atoms with Gasteiger partial charge >= 0.3 is 12.1 Å². The molecule has 1 aromatic heterocycles. The highest BCUT2D eigenvalue weighted by Crippen LogP contribution is 2.34. The number of fused-ring (bicyclic) bond motifs is 1. The molecular weight excluding hydrogens is 545 g/mol. The number of hydrogen-bond acceptors (Lipinski definition) is 5. The van der Waals surface area contributed by atoms with Gasteiger partial charge in [-0.3, -0.25) is 4.90 Å². The van der Waals surface area contributed by atoms with Crippen molar-refractivity contribution >= 4 is 26.9 Å². The number of carboxylic acid groups (broad SMARTS) is 1. The van der Waals surface area contributed by atoms with Crippen LogP contribution in [-0.4, -0.2) is 48.1 Å². The summed E-state index contributed by atoms with van der Waals surface area (Å²) >= 11 is 0. The number of halogens is 3. The van der Waals surface area contributed by atoms with Crippen molar-refractivity contribution in [1.29, 1.82) is 0 Å². The third kappa shape index (κ3) is 6.00. The van der Waals surface area contributed by atoms with Gasteiger partial charge in [-0.1, -0.05) is 32.0 Å². The number of nitrogens with zero attached hydrogens (tertiary/aromatic N) is 2. The first-order valence-electron chi connectivity index (χ1n) is 12.6. The lowest BCUT2D eigenvalue weighted by molar-refractivity contribution is -0.139. The van der Waals surface area contributed by atoms with E-state index < -0.39 is 34.3 Å². The minimum Gasteiger partial charge on any atom is -0.482 e. The van der Waals surface area contributed by atoms with Crippen molar-refractivity contribution in [3.8, 4) is 16.9 Å². The molecule has 4 rings (SSSR count). The van der Waals surface area contributed by atoms with Crippen LogP contribution in [0.2, 0.25) is 0 Å². The Bertz CT molecular complexity index is 1640. The zero-order valence-electron chi connectivity index (χ0n) is 22.2. The van der Waals surface area contributed by atoms with Crippen LogP contribution in [0.15, 0.2) is 71.8 Å². The minimum atomic E-state index is -4.44. The van der Waals surface area contributed by atoms with Gasteiger partial charge in [0.25, 0.3) is 10.0 Å². The highest BCUT2D eigenvalue weighted by molar-refractivity contribution is 7.90. The van der Waals surface area contributed by atoms with E-state index in [4.69, 9.17) is 9.84 Å². The van der Waals surface area contributed by atoms with E-state index in [0.29, 0.717) is 34.1 Å².